The smallest absolute Gasteiger partial charge is 0.109 e. The number of aliphatic hydroxyl groups excluding tert-OH is 3. The van der Waals surface area contributed by atoms with Gasteiger partial charge in [0.05, 0.1) is 18.8 Å². The second kappa shape index (κ2) is 3.49. The Balaban J connectivity index is 2.51. The Morgan fingerprint density at radius 1 is 1.45 bits per heavy atom. The molecule has 0 aromatic carbocycles. The molecule has 0 bridgehead atoms. The Morgan fingerprint density at radius 3 is 2.64 bits per heavy atom. The van der Waals surface area contributed by atoms with Crippen molar-refractivity contribution in [3.8, 4) is 0 Å². The van der Waals surface area contributed by atoms with Crippen LogP contribution >= 0.6 is 0 Å². The quantitative estimate of drug-likeness (QED) is 0.456. The van der Waals surface area contributed by atoms with E-state index < -0.39 is 18.3 Å². The van der Waals surface area contributed by atoms with Crippen LogP contribution < -0.4 is 0 Å². The summed E-state index contributed by atoms with van der Waals surface area (Å²) < 4.78 is 5.16. The maximum Gasteiger partial charge on any atom is 0.109 e. The lowest BCUT2D eigenvalue weighted by Crippen LogP contribution is -2.49. The molecule has 0 spiro atoms. The van der Waals surface area contributed by atoms with Crippen LogP contribution in [-0.2, 0) is 4.74 Å². The number of rotatable bonds is 1. The maximum atomic E-state index is 9.22. The maximum absolute atomic E-state index is 9.22. The van der Waals surface area contributed by atoms with Gasteiger partial charge in [0.2, 0.25) is 0 Å². The fraction of sp³-hybridized carbons (Fsp3) is 1.00. The highest BCUT2D eigenvalue weighted by molar-refractivity contribution is 4.83. The molecule has 1 fully saturated rings. The third-order valence-electron chi connectivity index (χ3n) is 1.94. The Bertz CT molecular complexity index is 128. The molecule has 4 heteroatoms. The van der Waals surface area contributed by atoms with E-state index in [0.29, 0.717) is 6.42 Å². The first-order valence-electron chi connectivity index (χ1n) is 3.77. The SMILES string of the molecule is C[C@H]1C[C@@H](O)C(O)[C@@H](CO)O1. The van der Waals surface area contributed by atoms with Crippen LogP contribution in [0.5, 0.6) is 0 Å². The van der Waals surface area contributed by atoms with Gasteiger partial charge in [-0.3, -0.25) is 0 Å². The molecule has 1 aliphatic rings. The number of hydrogen-bond donors (Lipinski definition) is 3. The lowest BCUT2D eigenvalue weighted by atomic mass is 9.99. The molecule has 66 valence electrons. The topological polar surface area (TPSA) is 69.9 Å². The van der Waals surface area contributed by atoms with Gasteiger partial charge in [0, 0.05) is 6.42 Å². The minimum Gasteiger partial charge on any atom is -0.394 e. The van der Waals surface area contributed by atoms with Gasteiger partial charge in [-0.25, -0.2) is 0 Å². The monoisotopic (exact) mass is 162 g/mol. The van der Waals surface area contributed by atoms with Crippen LogP contribution in [0.3, 0.4) is 0 Å². The van der Waals surface area contributed by atoms with Crippen LogP contribution in [0.2, 0.25) is 0 Å². The van der Waals surface area contributed by atoms with E-state index in [9.17, 15) is 10.2 Å². The average Bonchev–Trinajstić information content (AvgIpc) is 1.96. The van der Waals surface area contributed by atoms with Gasteiger partial charge in [-0.05, 0) is 6.92 Å². The van der Waals surface area contributed by atoms with Gasteiger partial charge in [-0.2, -0.15) is 0 Å². The Kier molecular flexibility index (Phi) is 2.84. The third-order valence-corrected chi connectivity index (χ3v) is 1.94. The summed E-state index contributed by atoms with van der Waals surface area (Å²) in [6, 6.07) is 0. The van der Waals surface area contributed by atoms with E-state index in [1.54, 1.807) is 6.92 Å². The molecule has 0 aromatic rings. The van der Waals surface area contributed by atoms with E-state index in [4.69, 9.17) is 9.84 Å². The molecule has 1 unspecified atom stereocenters. The highest BCUT2D eigenvalue weighted by Gasteiger charge is 2.34. The molecule has 0 radical (unpaired) electrons. The van der Waals surface area contributed by atoms with Crippen LogP contribution in [0, 0.1) is 0 Å². The molecule has 3 N–H and O–H groups in total. The van der Waals surface area contributed by atoms with Crippen molar-refractivity contribution in [2.75, 3.05) is 6.61 Å². The van der Waals surface area contributed by atoms with Crippen molar-refractivity contribution >= 4 is 0 Å². The third kappa shape index (κ3) is 1.90. The zero-order valence-corrected chi connectivity index (χ0v) is 6.47. The summed E-state index contributed by atoms with van der Waals surface area (Å²) in [5.74, 6) is 0. The lowest BCUT2D eigenvalue weighted by Gasteiger charge is -2.34. The van der Waals surface area contributed by atoms with E-state index in [-0.39, 0.29) is 12.7 Å². The predicted molar refractivity (Wildman–Crippen MR) is 38.1 cm³/mol. The Labute approximate surface area is 65.4 Å². The summed E-state index contributed by atoms with van der Waals surface area (Å²) in [4.78, 5) is 0. The summed E-state index contributed by atoms with van der Waals surface area (Å²) >= 11 is 0. The number of hydrogen-bond acceptors (Lipinski definition) is 4. The van der Waals surface area contributed by atoms with E-state index in [1.165, 1.54) is 0 Å². The normalized spacial score (nSPS) is 45.8. The number of ether oxygens (including phenoxy) is 1. The molecular weight excluding hydrogens is 148 g/mol. The molecule has 4 atom stereocenters. The van der Waals surface area contributed by atoms with Gasteiger partial charge < -0.3 is 20.1 Å². The summed E-state index contributed by atoms with van der Waals surface area (Å²) in [7, 11) is 0. The zero-order valence-electron chi connectivity index (χ0n) is 6.47. The molecule has 0 aromatic heterocycles. The van der Waals surface area contributed by atoms with Crippen molar-refractivity contribution in [3.63, 3.8) is 0 Å². The summed E-state index contributed by atoms with van der Waals surface area (Å²) in [6.07, 6.45) is -2.01. The van der Waals surface area contributed by atoms with Crippen LogP contribution in [0.1, 0.15) is 13.3 Å². The fourth-order valence-electron chi connectivity index (χ4n) is 1.31. The van der Waals surface area contributed by atoms with Crippen LogP contribution in [-0.4, -0.2) is 46.3 Å². The summed E-state index contributed by atoms with van der Waals surface area (Å²) in [5.41, 5.74) is 0. The fourth-order valence-corrected chi connectivity index (χ4v) is 1.31. The first-order chi connectivity index (χ1) is 5.15. The molecule has 1 aliphatic heterocycles. The molecule has 1 heterocycles. The molecule has 0 aliphatic carbocycles. The van der Waals surface area contributed by atoms with E-state index in [2.05, 4.69) is 0 Å². The van der Waals surface area contributed by atoms with Crippen LogP contribution in [0.4, 0.5) is 0 Å². The second-order valence-electron chi connectivity index (χ2n) is 2.96. The van der Waals surface area contributed by atoms with Crippen molar-refractivity contribution in [3.05, 3.63) is 0 Å². The first kappa shape index (κ1) is 8.93. The van der Waals surface area contributed by atoms with Crippen LogP contribution in [0.15, 0.2) is 0 Å². The molecular formula is C7H14O4. The van der Waals surface area contributed by atoms with Crippen LogP contribution in [0.25, 0.3) is 0 Å². The highest BCUT2D eigenvalue weighted by atomic mass is 16.5. The Morgan fingerprint density at radius 2 is 2.09 bits per heavy atom. The second-order valence-corrected chi connectivity index (χ2v) is 2.96. The predicted octanol–water partition coefficient (Wildman–Crippen LogP) is -1.12. The van der Waals surface area contributed by atoms with Gasteiger partial charge >= 0.3 is 0 Å². The number of aliphatic hydroxyl groups is 3. The minimum absolute atomic E-state index is 0.0921. The molecule has 1 rings (SSSR count). The first-order valence-corrected chi connectivity index (χ1v) is 3.77. The molecule has 1 saturated heterocycles. The van der Waals surface area contributed by atoms with E-state index in [0.717, 1.165) is 0 Å². The molecule has 11 heavy (non-hydrogen) atoms. The van der Waals surface area contributed by atoms with Gasteiger partial charge in [0.15, 0.2) is 0 Å². The van der Waals surface area contributed by atoms with Gasteiger partial charge in [-0.1, -0.05) is 0 Å². The van der Waals surface area contributed by atoms with Crippen molar-refractivity contribution in [1.82, 2.24) is 0 Å². The Hall–Kier alpha value is -0.160. The van der Waals surface area contributed by atoms with Gasteiger partial charge in [0.25, 0.3) is 0 Å². The standard InChI is InChI=1S/C7H14O4/c1-4-2-5(9)7(10)6(3-8)11-4/h4-10H,2-3H2,1H3/t4-,5+,6+,7?/m0/s1. The zero-order chi connectivity index (χ0) is 8.43. The van der Waals surface area contributed by atoms with Crippen molar-refractivity contribution in [2.24, 2.45) is 0 Å². The van der Waals surface area contributed by atoms with Gasteiger partial charge in [-0.15, -0.1) is 0 Å². The molecule has 0 saturated carbocycles. The van der Waals surface area contributed by atoms with E-state index in [1.807, 2.05) is 0 Å². The van der Waals surface area contributed by atoms with Crippen molar-refractivity contribution in [2.45, 2.75) is 37.8 Å². The minimum atomic E-state index is -0.948. The average molecular weight is 162 g/mol. The van der Waals surface area contributed by atoms with Crippen molar-refractivity contribution < 1.29 is 20.1 Å². The lowest BCUT2D eigenvalue weighted by molar-refractivity contribution is -0.174. The van der Waals surface area contributed by atoms with E-state index >= 15 is 0 Å². The molecule has 4 nitrogen and oxygen atoms in total. The summed E-state index contributed by atoms with van der Waals surface area (Å²) in [6.45, 7) is 1.56. The summed E-state index contributed by atoms with van der Waals surface area (Å²) in [5, 5.41) is 27.1. The molecule has 0 amide bonds. The van der Waals surface area contributed by atoms with Gasteiger partial charge in [0.1, 0.15) is 12.2 Å². The highest BCUT2D eigenvalue weighted by Crippen LogP contribution is 2.19. The van der Waals surface area contributed by atoms with Crippen molar-refractivity contribution in [1.29, 1.82) is 0 Å². The largest absolute Gasteiger partial charge is 0.394 e.